The average Bonchev–Trinajstić information content (AvgIpc) is 2.41. The van der Waals surface area contributed by atoms with Crippen LogP contribution >= 0.6 is 34.2 Å². The molecule has 0 radical (unpaired) electrons. The molecule has 2 aromatic carbocycles. The van der Waals surface area contributed by atoms with Gasteiger partial charge in [0.1, 0.15) is 5.82 Å². The first kappa shape index (κ1) is 15.6. The van der Waals surface area contributed by atoms with Gasteiger partial charge in [0, 0.05) is 15.7 Å². The molecule has 0 heterocycles. The quantitative estimate of drug-likeness (QED) is 0.458. The van der Waals surface area contributed by atoms with Gasteiger partial charge in [0.15, 0.2) is 0 Å². The Hall–Kier alpha value is -1.74. The van der Waals surface area contributed by atoms with E-state index in [0.29, 0.717) is 9.26 Å². The molecule has 8 heteroatoms. The highest BCUT2D eigenvalue weighted by Crippen LogP contribution is 2.25. The van der Waals surface area contributed by atoms with Gasteiger partial charge in [-0.25, -0.2) is 4.39 Å². The van der Waals surface area contributed by atoms with Gasteiger partial charge in [0.05, 0.1) is 21.2 Å². The number of nitrogens with zero attached hydrogens (tertiary/aromatic N) is 1. The lowest BCUT2D eigenvalue weighted by atomic mass is 10.2. The Morgan fingerprint density at radius 3 is 2.57 bits per heavy atom. The molecule has 0 aromatic heterocycles. The van der Waals surface area contributed by atoms with Gasteiger partial charge < -0.3 is 5.32 Å². The minimum Gasteiger partial charge on any atom is -0.321 e. The zero-order chi connectivity index (χ0) is 15.6. The monoisotopic (exact) mass is 420 g/mol. The molecule has 0 aliphatic heterocycles. The molecule has 21 heavy (non-hydrogen) atoms. The van der Waals surface area contributed by atoms with E-state index in [0.717, 1.165) is 6.07 Å². The number of nitro groups is 1. The van der Waals surface area contributed by atoms with Crippen molar-refractivity contribution in [2.45, 2.75) is 0 Å². The highest BCUT2D eigenvalue weighted by Gasteiger charge is 2.16. The van der Waals surface area contributed by atoms with Crippen molar-refractivity contribution in [3.8, 4) is 0 Å². The summed E-state index contributed by atoms with van der Waals surface area (Å²) in [4.78, 5) is 22.1. The maximum Gasteiger partial charge on any atom is 0.270 e. The smallest absolute Gasteiger partial charge is 0.270 e. The van der Waals surface area contributed by atoms with Crippen LogP contribution in [0.2, 0.25) is 5.02 Å². The van der Waals surface area contributed by atoms with E-state index in [1.165, 1.54) is 30.3 Å². The number of carbonyl (C=O) groups excluding carboxylic acids is 1. The van der Waals surface area contributed by atoms with Gasteiger partial charge >= 0.3 is 0 Å². The van der Waals surface area contributed by atoms with Crippen molar-refractivity contribution in [3.05, 3.63) is 66.5 Å². The number of benzene rings is 2. The number of hydrogen-bond donors (Lipinski definition) is 1. The van der Waals surface area contributed by atoms with Gasteiger partial charge in [0.2, 0.25) is 0 Å². The van der Waals surface area contributed by atoms with E-state index in [2.05, 4.69) is 5.32 Å². The third-order valence-corrected chi connectivity index (χ3v) is 3.79. The van der Waals surface area contributed by atoms with Crippen LogP contribution in [0.25, 0.3) is 0 Å². The molecule has 0 atom stereocenters. The van der Waals surface area contributed by atoms with Crippen LogP contribution in [-0.4, -0.2) is 10.8 Å². The second kappa shape index (κ2) is 6.35. The van der Waals surface area contributed by atoms with Crippen molar-refractivity contribution in [3.63, 3.8) is 0 Å². The van der Waals surface area contributed by atoms with E-state index >= 15 is 0 Å². The van der Waals surface area contributed by atoms with Gasteiger partial charge in [-0.1, -0.05) is 11.6 Å². The molecule has 0 spiro atoms. The Labute approximate surface area is 137 Å². The third kappa shape index (κ3) is 3.67. The number of nitro benzene ring substituents is 1. The van der Waals surface area contributed by atoms with Gasteiger partial charge in [0.25, 0.3) is 11.6 Å². The first-order valence-electron chi connectivity index (χ1n) is 5.59. The number of halogens is 3. The molecular formula is C13H7ClFIN2O3. The first-order chi connectivity index (χ1) is 9.88. The van der Waals surface area contributed by atoms with E-state index in [9.17, 15) is 19.3 Å². The molecule has 0 bridgehead atoms. The maximum absolute atomic E-state index is 13.0. The summed E-state index contributed by atoms with van der Waals surface area (Å²) in [6.45, 7) is 0. The molecule has 0 saturated carbocycles. The summed E-state index contributed by atoms with van der Waals surface area (Å²) >= 11 is 7.76. The second-order valence-electron chi connectivity index (χ2n) is 4.00. The van der Waals surface area contributed by atoms with E-state index in [1.54, 1.807) is 0 Å². The van der Waals surface area contributed by atoms with Crippen LogP contribution in [0.4, 0.5) is 15.8 Å². The Balaban J connectivity index is 2.26. The predicted molar refractivity (Wildman–Crippen MR) is 85.2 cm³/mol. The fourth-order valence-corrected chi connectivity index (χ4v) is 2.45. The first-order valence-corrected chi connectivity index (χ1v) is 7.04. The highest BCUT2D eigenvalue weighted by molar-refractivity contribution is 14.1. The SMILES string of the molecule is O=C(Nc1ccc(F)cc1I)c1ccc([N+](=O)[O-])cc1Cl. The molecule has 2 aromatic rings. The average molecular weight is 421 g/mol. The summed E-state index contributed by atoms with van der Waals surface area (Å²) < 4.78 is 13.5. The van der Waals surface area contributed by atoms with Crippen molar-refractivity contribution in [1.29, 1.82) is 0 Å². The van der Waals surface area contributed by atoms with Gasteiger partial charge in [-0.2, -0.15) is 0 Å². The predicted octanol–water partition coefficient (Wildman–Crippen LogP) is 4.24. The largest absolute Gasteiger partial charge is 0.321 e. The minimum absolute atomic E-state index is 0.0289. The number of nitrogens with one attached hydrogen (secondary N) is 1. The summed E-state index contributed by atoms with van der Waals surface area (Å²) in [5, 5.41) is 13.2. The van der Waals surface area contributed by atoms with E-state index in [1.807, 2.05) is 22.6 Å². The molecule has 108 valence electrons. The van der Waals surface area contributed by atoms with Crippen molar-refractivity contribution >= 4 is 51.5 Å². The number of non-ortho nitro benzene ring substituents is 1. The Bertz CT molecular complexity index is 739. The Kier molecular flexibility index (Phi) is 4.73. The summed E-state index contributed by atoms with van der Waals surface area (Å²) in [5.74, 6) is -0.940. The molecule has 0 unspecified atom stereocenters. The summed E-state index contributed by atoms with van der Waals surface area (Å²) in [6.07, 6.45) is 0. The number of carbonyl (C=O) groups is 1. The van der Waals surface area contributed by atoms with Crippen LogP contribution in [0, 0.1) is 19.5 Å². The van der Waals surface area contributed by atoms with Crippen molar-refractivity contribution < 1.29 is 14.1 Å². The molecule has 0 saturated heterocycles. The van der Waals surface area contributed by atoms with Crippen molar-refractivity contribution in [2.75, 3.05) is 5.32 Å². The molecule has 2 rings (SSSR count). The van der Waals surface area contributed by atoms with E-state index in [-0.39, 0.29) is 16.3 Å². The second-order valence-corrected chi connectivity index (χ2v) is 5.57. The van der Waals surface area contributed by atoms with Crippen molar-refractivity contribution in [1.82, 2.24) is 0 Å². The molecule has 0 fully saturated rings. The molecule has 5 nitrogen and oxygen atoms in total. The summed E-state index contributed by atoms with van der Waals surface area (Å²) in [5.41, 5.74) is 0.326. The normalized spacial score (nSPS) is 10.2. The number of rotatable bonds is 3. The van der Waals surface area contributed by atoms with Crippen LogP contribution in [-0.2, 0) is 0 Å². The van der Waals surface area contributed by atoms with Gasteiger partial charge in [-0.3, -0.25) is 14.9 Å². The lowest BCUT2D eigenvalue weighted by Gasteiger charge is -2.08. The lowest BCUT2D eigenvalue weighted by molar-refractivity contribution is -0.384. The summed E-state index contributed by atoms with van der Waals surface area (Å²) in [7, 11) is 0. The topological polar surface area (TPSA) is 72.2 Å². The van der Waals surface area contributed by atoms with Crippen LogP contribution in [0.5, 0.6) is 0 Å². The zero-order valence-corrected chi connectivity index (χ0v) is 13.2. The number of anilines is 1. The number of amides is 1. The molecule has 1 N–H and O–H groups in total. The van der Waals surface area contributed by atoms with E-state index in [4.69, 9.17) is 11.6 Å². The third-order valence-electron chi connectivity index (χ3n) is 2.59. The maximum atomic E-state index is 13.0. The van der Waals surface area contributed by atoms with Crippen LogP contribution in [0.15, 0.2) is 36.4 Å². The standard InChI is InChI=1S/C13H7ClFIN2O3/c14-10-6-8(18(20)21)2-3-9(10)13(19)17-12-4-1-7(15)5-11(12)16/h1-6H,(H,17,19). The van der Waals surface area contributed by atoms with Crippen LogP contribution < -0.4 is 5.32 Å². The molecule has 0 aliphatic rings. The molecular weight excluding hydrogens is 414 g/mol. The molecule has 1 amide bonds. The van der Waals surface area contributed by atoms with Crippen molar-refractivity contribution in [2.24, 2.45) is 0 Å². The Morgan fingerprint density at radius 1 is 1.29 bits per heavy atom. The van der Waals surface area contributed by atoms with Crippen LogP contribution in [0.1, 0.15) is 10.4 Å². The number of hydrogen-bond acceptors (Lipinski definition) is 3. The highest BCUT2D eigenvalue weighted by atomic mass is 127. The van der Waals surface area contributed by atoms with E-state index < -0.39 is 16.6 Å². The minimum atomic E-state index is -0.601. The lowest BCUT2D eigenvalue weighted by Crippen LogP contribution is -2.13. The molecule has 0 aliphatic carbocycles. The fourth-order valence-electron chi connectivity index (χ4n) is 1.58. The summed E-state index contributed by atoms with van der Waals surface area (Å²) in [6, 6.07) is 7.48. The Morgan fingerprint density at radius 2 is 2.00 bits per heavy atom. The van der Waals surface area contributed by atoms with Gasteiger partial charge in [-0.05, 0) is 46.9 Å². The fraction of sp³-hybridized carbons (Fsp3) is 0. The van der Waals surface area contributed by atoms with Gasteiger partial charge in [-0.15, -0.1) is 0 Å². The van der Waals surface area contributed by atoms with Crippen LogP contribution in [0.3, 0.4) is 0 Å². The zero-order valence-electron chi connectivity index (χ0n) is 10.3.